The van der Waals surface area contributed by atoms with Crippen molar-refractivity contribution >= 4 is 16.8 Å². The van der Waals surface area contributed by atoms with Crippen LogP contribution in [0.3, 0.4) is 0 Å². The van der Waals surface area contributed by atoms with Crippen molar-refractivity contribution in [3.05, 3.63) is 48.0 Å². The highest BCUT2D eigenvalue weighted by atomic mass is 19.4. The first-order valence-corrected chi connectivity index (χ1v) is 9.93. The number of ether oxygens (including phenoxy) is 2. The van der Waals surface area contributed by atoms with Crippen molar-refractivity contribution in [1.82, 2.24) is 25.8 Å². The highest BCUT2D eigenvalue weighted by Crippen LogP contribution is 2.24. The van der Waals surface area contributed by atoms with Gasteiger partial charge in [0.05, 0.1) is 23.7 Å². The molecular formula is C20H20F3N5O4. The second kappa shape index (κ2) is 9.49. The number of fused-ring (bicyclic) bond motifs is 1. The number of para-hydroxylation sites is 1. The summed E-state index contributed by atoms with van der Waals surface area (Å²) in [7, 11) is 0. The Morgan fingerprint density at radius 3 is 2.84 bits per heavy atom. The first-order valence-electron chi connectivity index (χ1n) is 9.93. The molecule has 0 saturated carbocycles. The van der Waals surface area contributed by atoms with Crippen molar-refractivity contribution in [3.8, 4) is 6.08 Å². The Kier molecular flexibility index (Phi) is 6.51. The topological polar surface area (TPSA) is 111 Å². The fraction of sp³-hybridized carbons (Fsp3) is 0.400. The molecule has 1 aromatic carbocycles. The summed E-state index contributed by atoms with van der Waals surface area (Å²) in [6, 6.07) is 9.02. The Balaban J connectivity index is 1.24. The van der Waals surface area contributed by atoms with Gasteiger partial charge in [0.1, 0.15) is 6.61 Å². The molecule has 1 fully saturated rings. The molecule has 0 unspecified atom stereocenters. The number of aromatic nitrogens is 3. The molecule has 0 spiro atoms. The molecule has 1 saturated heterocycles. The molecule has 1 amide bonds. The van der Waals surface area contributed by atoms with Gasteiger partial charge in [-0.15, -0.1) is 18.3 Å². The number of pyridine rings is 1. The molecular weight excluding hydrogens is 431 g/mol. The Hall–Kier alpha value is -3.25. The van der Waals surface area contributed by atoms with Gasteiger partial charge in [0.2, 0.25) is 5.89 Å². The molecule has 0 bridgehead atoms. The second-order valence-electron chi connectivity index (χ2n) is 7.17. The smallest absolute Gasteiger partial charge is 0.447 e. The fourth-order valence-electron chi connectivity index (χ4n) is 3.36. The van der Waals surface area contributed by atoms with Gasteiger partial charge in [-0.25, -0.2) is 0 Å². The van der Waals surface area contributed by atoms with Crippen LogP contribution >= 0.6 is 0 Å². The quantitative estimate of drug-likeness (QED) is 0.528. The first-order chi connectivity index (χ1) is 15.4. The molecule has 4 rings (SSSR count). The summed E-state index contributed by atoms with van der Waals surface area (Å²) in [4.78, 5) is 16.9. The predicted molar refractivity (Wildman–Crippen MR) is 105 cm³/mol. The molecule has 3 aromatic rings. The molecule has 0 radical (unpaired) electrons. The lowest BCUT2D eigenvalue weighted by Gasteiger charge is -2.28. The van der Waals surface area contributed by atoms with E-state index in [2.05, 4.69) is 30.6 Å². The number of hydrogen-bond acceptors (Lipinski definition) is 8. The summed E-state index contributed by atoms with van der Waals surface area (Å²) in [6.45, 7) is -0.580. The molecule has 12 heteroatoms. The highest BCUT2D eigenvalue weighted by Gasteiger charge is 2.29. The van der Waals surface area contributed by atoms with Crippen molar-refractivity contribution in [3.63, 3.8) is 0 Å². The number of alkyl halides is 3. The van der Waals surface area contributed by atoms with Crippen LogP contribution in [0.1, 0.15) is 35.1 Å². The van der Waals surface area contributed by atoms with Crippen LogP contribution in [0.15, 0.2) is 40.9 Å². The molecule has 0 aliphatic carbocycles. The third-order valence-corrected chi connectivity index (χ3v) is 4.90. The minimum Gasteiger partial charge on any atom is -0.447 e. The zero-order valence-electron chi connectivity index (χ0n) is 16.8. The number of amides is 1. The van der Waals surface area contributed by atoms with Crippen LogP contribution in [0.5, 0.6) is 6.08 Å². The third kappa shape index (κ3) is 5.71. The Bertz CT molecular complexity index is 1070. The number of rotatable bonds is 7. The summed E-state index contributed by atoms with van der Waals surface area (Å²) in [5.74, 6) is 0.0586. The average Bonchev–Trinajstić information content (AvgIpc) is 3.25. The molecule has 2 atom stereocenters. The van der Waals surface area contributed by atoms with E-state index in [1.165, 1.54) is 0 Å². The van der Waals surface area contributed by atoms with E-state index in [9.17, 15) is 18.0 Å². The molecule has 170 valence electrons. The van der Waals surface area contributed by atoms with Crippen molar-refractivity contribution in [1.29, 1.82) is 0 Å². The van der Waals surface area contributed by atoms with E-state index in [1.54, 1.807) is 12.3 Å². The highest BCUT2D eigenvalue weighted by molar-refractivity contribution is 5.97. The van der Waals surface area contributed by atoms with Gasteiger partial charge in [0, 0.05) is 24.2 Å². The lowest BCUT2D eigenvalue weighted by molar-refractivity contribution is -0.325. The van der Waals surface area contributed by atoms with Gasteiger partial charge >= 0.3 is 12.4 Å². The number of nitrogens with one attached hydrogen (secondary N) is 2. The number of nitrogens with zero attached hydrogens (tertiary/aromatic N) is 3. The van der Waals surface area contributed by atoms with Crippen molar-refractivity contribution in [2.75, 3.05) is 19.8 Å². The van der Waals surface area contributed by atoms with Crippen LogP contribution in [0.25, 0.3) is 10.9 Å². The Morgan fingerprint density at radius 1 is 1.22 bits per heavy atom. The summed E-state index contributed by atoms with van der Waals surface area (Å²) < 4.78 is 49.7. The van der Waals surface area contributed by atoms with Gasteiger partial charge in [-0.1, -0.05) is 23.3 Å². The van der Waals surface area contributed by atoms with Gasteiger partial charge < -0.3 is 19.8 Å². The molecule has 3 heterocycles. The lowest BCUT2D eigenvalue weighted by atomic mass is 10.0. The number of hydrogen-bond donors (Lipinski definition) is 2. The number of benzene rings is 1. The van der Waals surface area contributed by atoms with Gasteiger partial charge in [0.15, 0.2) is 0 Å². The van der Waals surface area contributed by atoms with Gasteiger partial charge in [-0.2, -0.15) is 0 Å². The van der Waals surface area contributed by atoms with Crippen LogP contribution in [-0.4, -0.2) is 53.3 Å². The summed E-state index contributed by atoms with van der Waals surface area (Å²) in [5, 5.41) is 14.6. The van der Waals surface area contributed by atoms with E-state index in [0.717, 1.165) is 10.9 Å². The van der Waals surface area contributed by atoms with Crippen molar-refractivity contribution in [2.24, 2.45) is 0 Å². The van der Waals surface area contributed by atoms with Crippen LogP contribution in [0.4, 0.5) is 13.2 Å². The number of carbonyl (C=O) groups is 1. The number of halogens is 3. The predicted octanol–water partition coefficient (Wildman–Crippen LogP) is 2.76. The standard InChI is InChI=1S/C20H20F3N5O4/c21-20(22,23)31-8-7-30-19-28-27-18(32-19)16-6-5-14(11-25-16)26-17(29)13-9-12-3-1-2-4-15(12)24-10-13/h1-4,9-10,14,16,25H,5-8,11H2,(H,26,29)/t14-,16+/m0/s1. The molecule has 1 aliphatic rings. The van der Waals surface area contributed by atoms with Crippen LogP contribution < -0.4 is 15.4 Å². The minimum atomic E-state index is -4.72. The van der Waals surface area contributed by atoms with Gasteiger partial charge in [-0.3, -0.25) is 14.5 Å². The largest absolute Gasteiger partial charge is 0.522 e. The minimum absolute atomic E-state index is 0.0941. The van der Waals surface area contributed by atoms with Crippen LogP contribution in [-0.2, 0) is 4.74 Å². The zero-order valence-corrected chi connectivity index (χ0v) is 16.8. The maximum absolute atomic E-state index is 12.6. The molecule has 2 N–H and O–H groups in total. The molecule has 2 aromatic heterocycles. The molecule has 9 nitrogen and oxygen atoms in total. The van der Waals surface area contributed by atoms with Crippen LogP contribution in [0, 0.1) is 0 Å². The van der Waals surface area contributed by atoms with E-state index < -0.39 is 13.0 Å². The van der Waals surface area contributed by atoms with E-state index >= 15 is 0 Å². The van der Waals surface area contributed by atoms with Crippen molar-refractivity contribution in [2.45, 2.75) is 31.3 Å². The SMILES string of the molecule is O=C(N[C@H]1CC[C@H](c2nnc(OCCOC(F)(F)F)o2)NC1)c1cnc2ccccc2c1. The third-order valence-electron chi connectivity index (χ3n) is 4.90. The summed E-state index contributed by atoms with van der Waals surface area (Å²) in [5.41, 5.74) is 1.31. The van der Waals surface area contributed by atoms with Gasteiger partial charge in [0.25, 0.3) is 5.91 Å². The van der Waals surface area contributed by atoms with E-state index in [4.69, 9.17) is 9.15 Å². The Morgan fingerprint density at radius 2 is 2.06 bits per heavy atom. The fourth-order valence-corrected chi connectivity index (χ4v) is 3.36. The molecule has 32 heavy (non-hydrogen) atoms. The lowest BCUT2D eigenvalue weighted by Crippen LogP contribution is -2.46. The van der Waals surface area contributed by atoms with E-state index in [-0.39, 0.29) is 36.6 Å². The van der Waals surface area contributed by atoms with E-state index in [1.807, 2.05) is 24.3 Å². The second-order valence-corrected chi connectivity index (χ2v) is 7.17. The van der Waals surface area contributed by atoms with Crippen molar-refractivity contribution < 1.29 is 31.9 Å². The first kappa shape index (κ1) is 22.0. The maximum atomic E-state index is 12.6. The molecule has 1 aliphatic heterocycles. The van der Waals surface area contributed by atoms with Crippen LogP contribution in [0.2, 0.25) is 0 Å². The maximum Gasteiger partial charge on any atom is 0.522 e. The number of piperidine rings is 1. The normalized spacial score (nSPS) is 19.1. The monoisotopic (exact) mass is 451 g/mol. The summed E-state index contributed by atoms with van der Waals surface area (Å²) in [6.07, 6.45) is -2.11. The average molecular weight is 451 g/mol. The zero-order chi connectivity index (χ0) is 22.6. The summed E-state index contributed by atoms with van der Waals surface area (Å²) >= 11 is 0. The number of carbonyl (C=O) groups excluding carboxylic acids is 1. The Labute approximate surface area is 180 Å². The van der Waals surface area contributed by atoms with Gasteiger partial charge in [-0.05, 0) is 25.0 Å². The van der Waals surface area contributed by atoms with E-state index in [0.29, 0.717) is 24.9 Å².